The molecular weight excluding hydrogens is 302 g/mol. The van der Waals surface area contributed by atoms with Crippen molar-refractivity contribution in [1.29, 1.82) is 0 Å². The van der Waals surface area contributed by atoms with Gasteiger partial charge in [0, 0.05) is 0 Å². The van der Waals surface area contributed by atoms with Crippen LogP contribution in [0.15, 0.2) is 0 Å². The summed E-state index contributed by atoms with van der Waals surface area (Å²) in [5, 5.41) is 0. The van der Waals surface area contributed by atoms with Crippen molar-refractivity contribution in [1.82, 2.24) is 0 Å². The molecule has 54 valence electrons. The van der Waals surface area contributed by atoms with E-state index in [0.717, 1.165) is 0 Å². The number of hydrogen-bond acceptors (Lipinski definition) is 3. The molecule has 0 aromatic heterocycles. The van der Waals surface area contributed by atoms with Crippen molar-refractivity contribution in [3.8, 4) is 0 Å². The Morgan fingerprint density at radius 1 is 1.22 bits per heavy atom. The molecule has 0 N–H and O–H groups in total. The van der Waals surface area contributed by atoms with Crippen LogP contribution in [0.5, 0.6) is 0 Å². The molecule has 1 aliphatic rings. The van der Waals surface area contributed by atoms with Crippen molar-refractivity contribution in [3.63, 3.8) is 0 Å². The van der Waals surface area contributed by atoms with E-state index < -0.39 is 0 Å². The summed E-state index contributed by atoms with van der Waals surface area (Å²) in [7, 11) is 0. The van der Waals surface area contributed by atoms with Crippen LogP contribution in [-0.4, -0.2) is 40.8 Å². The van der Waals surface area contributed by atoms with E-state index >= 15 is 0 Å². The van der Waals surface area contributed by atoms with Crippen molar-refractivity contribution in [3.05, 3.63) is 0 Å². The Hall–Kier alpha value is 2.09. The molecular formula is C4H8S3Se2. The van der Waals surface area contributed by atoms with Crippen LogP contribution in [0, 0.1) is 0 Å². The maximum absolute atomic E-state index is 4.53. The van der Waals surface area contributed by atoms with E-state index in [1.807, 2.05) is 0 Å². The van der Waals surface area contributed by atoms with Gasteiger partial charge in [0.2, 0.25) is 0 Å². The van der Waals surface area contributed by atoms with Crippen LogP contribution in [0.25, 0.3) is 0 Å². The zero-order valence-corrected chi connectivity index (χ0v) is 10.9. The van der Waals surface area contributed by atoms with Gasteiger partial charge >= 0.3 is 85.6 Å². The average Bonchev–Trinajstić information content (AvgIpc) is 1.79. The van der Waals surface area contributed by atoms with Gasteiger partial charge in [0.15, 0.2) is 0 Å². The van der Waals surface area contributed by atoms with Crippen LogP contribution >= 0.6 is 37.9 Å². The van der Waals surface area contributed by atoms with Gasteiger partial charge in [-0.2, -0.15) is 0 Å². The normalized spacial score (nSPS) is 52.0. The maximum atomic E-state index is 4.53. The molecule has 2 atom stereocenters. The molecule has 2 unspecified atom stereocenters. The molecule has 1 fully saturated rings. The molecule has 1 aliphatic heterocycles. The monoisotopic (exact) mass is 312 g/mol. The fourth-order valence-electron chi connectivity index (χ4n) is 0.592. The fraction of sp³-hybridized carbons (Fsp3) is 1.00. The topological polar surface area (TPSA) is 0 Å². The van der Waals surface area contributed by atoms with Crippen molar-refractivity contribution in [2.75, 3.05) is 0 Å². The minimum absolute atomic E-state index is 0.304. The van der Waals surface area contributed by atoms with Crippen molar-refractivity contribution in [2.45, 2.75) is 17.8 Å². The molecule has 0 aromatic rings. The first-order chi connectivity index (χ1) is 4.01. The van der Waals surface area contributed by atoms with Crippen LogP contribution in [-0.2, 0) is 0 Å². The Labute approximate surface area is 84.9 Å². The van der Waals surface area contributed by atoms with Gasteiger partial charge in [-0.25, -0.2) is 0 Å². The summed E-state index contributed by atoms with van der Waals surface area (Å²) < 4.78 is 1.37. The first kappa shape index (κ1) is 9.18. The molecule has 0 saturated carbocycles. The molecule has 5 heteroatoms. The molecule has 0 radical (unpaired) electrons. The Balaban J connectivity index is 2.54. The molecule has 9 heavy (non-hydrogen) atoms. The molecule has 0 bridgehead atoms. The van der Waals surface area contributed by atoms with Crippen LogP contribution in [0.2, 0.25) is 0 Å². The van der Waals surface area contributed by atoms with Gasteiger partial charge < -0.3 is 0 Å². The van der Waals surface area contributed by atoms with Gasteiger partial charge in [-0.3, -0.25) is 0 Å². The van der Waals surface area contributed by atoms with Crippen LogP contribution in [0.3, 0.4) is 0 Å². The standard InChI is InChI=1S/C4H8S3Se2/c1-4(7)8-2(5)3(6)9-4/h2-3,5-7H,1H3. The van der Waals surface area contributed by atoms with Gasteiger partial charge in [-0.15, -0.1) is 0 Å². The van der Waals surface area contributed by atoms with E-state index in [2.05, 4.69) is 44.8 Å². The van der Waals surface area contributed by atoms with Crippen LogP contribution in [0.1, 0.15) is 6.92 Å². The molecule has 0 amide bonds. The second kappa shape index (κ2) is 3.22. The Morgan fingerprint density at radius 3 is 1.67 bits per heavy atom. The van der Waals surface area contributed by atoms with Crippen molar-refractivity contribution < 1.29 is 0 Å². The number of hydrogen-bond donors (Lipinski definition) is 3. The first-order valence-corrected chi connectivity index (χ1v) is 7.62. The third-order valence-electron chi connectivity index (χ3n) is 0.923. The number of rotatable bonds is 0. The zero-order valence-electron chi connectivity index (χ0n) is 4.81. The SMILES string of the molecule is CC1(S)[Se]C(S)C(S)[Se]1. The average molecular weight is 310 g/mol. The summed E-state index contributed by atoms with van der Waals surface area (Å²) in [6.45, 7) is 2.20. The molecule has 0 aromatic carbocycles. The molecule has 1 saturated heterocycles. The van der Waals surface area contributed by atoms with Gasteiger partial charge in [0.05, 0.1) is 0 Å². The van der Waals surface area contributed by atoms with Gasteiger partial charge in [0.1, 0.15) is 0 Å². The second-order valence-electron chi connectivity index (χ2n) is 1.91. The van der Waals surface area contributed by atoms with Crippen LogP contribution < -0.4 is 0 Å². The zero-order chi connectivity index (χ0) is 7.07. The summed E-state index contributed by atoms with van der Waals surface area (Å²) in [6, 6.07) is 0. The fourth-order valence-corrected chi connectivity index (χ4v) is 13.7. The van der Waals surface area contributed by atoms with E-state index in [9.17, 15) is 0 Å². The summed E-state index contributed by atoms with van der Waals surface area (Å²) in [6.07, 6.45) is 0. The van der Waals surface area contributed by atoms with E-state index in [1.54, 1.807) is 0 Å². The number of thiol groups is 3. The van der Waals surface area contributed by atoms with Crippen molar-refractivity contribution >= 4 is 67.8 Å². The Kier molecular flexibility index (Phi) is 3.28. The van der Waals surface area contributed by atoms with Crippen molar-refractivity contribution in [2.24, 2.45) is 0 Å². The predicted octanol–water partition coefficient (Wildman–Crippen LogP) is 0.524. The Morgan fingerprint density at radius 2 is 1.56 bits per heavy atom. The quantitative estimate of drug-likeness (QED) is 0.422. The third kappa shape index (κ3) is 2.55. The molecule has 1 heterocycles. The van der Waals surface area contributed by atoms with Gasteiger partial charge in [-0.05, 0) is 0 Å². The summed E-state index contributed by atoms with van der Waals surface area (Å²) in [5.74, 6) is 0. The van der Waals surface area contributed by atoms with E-state index in [0.29, 0.717) is 40.8 Å². The molecule has 0 aliphatic carbocycles. The molecule has 0 spiro atoms. The van der Waals surface area contributed by atoms with E-state index in [4.69, 9.17) is 0 Å². The van der Waals surface area contributed by atoms with Crippen LogP contribution in [0.4, 0.5) is 0 Å². The molecule has 0 nitrogen and oxygen atoms in total. The van der Waals surface area contributed by atoms with E-state index in [1.165, 1.54) is 0 Å². The minimum atomic E-state index is 0.304. The van der Waals surface area contributed by atoms with E-state index in [-0.39, 0.29) is 0 Å². The van der Waals surface area contributed by atoms with Gasteiger partial charge in [-0.1, -0.05) is 0 Å². The van der Waals surface area contributed by atoms with Gasteiger partial charge in [0.25, 0.3) is 0 Å². The predicted molar refractivity (Wildman–Crippen MR) is 54.4 cm³/mol. The first-order valence-electron chi connectivity index (χ1n) is 2.45. The summed E-state index contributed by atoms with van der Waals surface area (Å²) >= 11 is 14.5. The summed E-state index contributed by atoms with van der Waals surface area (Å²) in [5.41, 5.74) is 0. The third-order valence-corrected chi connectivity index (χ3v) is 11.8. The Bertz CT molecular complexity index is 104. The summed E-state index contributed by atoms with van der Waals surface area (Å²) in [4.78, 5) is 0. The molecule has 1 rings (SSSR count). The second-order valence-corrected chi connectivity index (χ2v) is 14.7.